The molecule has 0 radical (unpaired) electrons. The van der Waals surface area contributed by atoms with E-state index in [-0.39, 0.29) is 31.5 Å². The van der Waals surface area contributed by atoms with Crippen molar-refractivity contribution in [1.82, 2.24) is 0 Å². The Labute approximate surface area is 414 Å². The van der Waals surface area contributed by atoms with Gasteiger partial charge in [0.25, 0.3) is 8.32 Å². The molecule has 9 heteroatoms. The molecule has 69 heavy (non-hydrogen) atoms. The van der Waals surface area contributed by atoms with Crippen molar-refractivity contribution in [2.45, 2.75) is 89.4 Å². The monoisotopic (exact) mass is 958 g/mol. The van der Waals surface area contributed by atoms with E-state index in [1.807, 2.05) is 78.9 Å². The van der Waals surface area contributed by atoms with Gasteiger partial charge in [0.2, 0.25) is 0 Å². The summed E-state index contributed by atoms with van der Waals surface area (Å²) in [6, 6.07) is 65.8. The molecule has 0 spiro atoms. The highest BCUT2D eigenvalue weighted by molar-refractivity contribution is 6.99. The van der Waals surface area contributed by atoms with E-state index in [0.29, 0.717) is 30.6 Å². The fraction of sp³-hybridized carbons (Fsp3) is 0.267. The van der Waals surface area contributed by atoms with Gasteiger partial charge in [-0.2, -0.15) is 0 Å². The van der Waals surface area contributed by atoms with Gasteiger partial charge in [0.05, 0.1) is 39.6 Å². The number of hydrogen-bond acceptors (Lipinski definition) is 7. The summed E-state index contributed by atoms with van der Waals surface area (Å²) in [7, 11) is -2.98. The molecular formula is C60H63ClO7Si. The van der Waals surface area contributed by atoms with E-state index in [0.717, 1.165) is 33.4 Å². The Kier molecular flexibility index (Phi) is 17.5. The molecule has 0 aliphatic carbocycles. The summed E-state index contributed by atoms with van der Waals surface area (Å²) in [5.41, 5.74) is 5.63. The number of halogens is 1. The number of rotatable bonds is 22. The van der Waals surface area contributed by atoms with Crippen molar-refractivity contribution in [1.29, 1.82) is 0 Å². The van der Waals surface area contributed by atoms with Crippen LogP contribution >= 0.6 is 11.6 Å². The number of hydrogen-bond donors (Lipinski definition) is 0. The number of benzene rings is 7. The molecule has 5 atom stereocenters. The first-order chi connectivity index (χ1) is 33.7. The van der Waals surface area contributed by atoms with Gasteiger partial charge in [-0.3, -0.25) is 0 Å². The Hall–Kier alpha value is -5.65. The summed E-state index contributed by atoms with van der Waals surface area (Å²) in [6.07, 6.45) is -1.62. The van der Waals surface area contributed by atoms with Gasteiger partial charge in [0, 0.05) is 10.6 Å². The zero-order chi connectivity index (χ0) is 47.9. The quantitative estimate of drug-likeness (QED) is 0.0495. The Morgan fingerprint density at radius 2 is 0.986 bits per heavy atom. The molecule has 7 aromatic rings. The minimum absolute atomic E-state index is 0.210. The zero-order valence-electron chi connectivity index (χ0n) is 39.8. The van der Waals surface area contributed by atoms with Gasteiger partial charge >= 0.3 is 0 Å². The van der Waals surface area contributed by atoms with E-state index >= 15 is 0 Å². The Bertz CT molecular complexity index is 2580. The van der Waals surface area contributed by atoms with Crippen molar-refractivity contribution in [2.75, 3.05) is 13.2 Å². The van der Waals surface area contributed by atoms with E-state index in [1.165, 1.54) is 10.4 Å². The second-order valence-electron chi connectivity index (χ2n) is 18.4. The molecule has 1 aliphatic heterocycles. The van der Waals surface area contributed by atoms with E-state index < -0.39 is 38.8 Å². The summed E-state index contributed by atoms with van der Waals surface area (Å²) in [4.78, 5) is 0. The molecule has 0 N–H and O–H groups in total. The summed E-state index contributed by atoms with van der Waals surface area (Å²) < 4.78 is 49.3. The van der Waals surface area contributed by atoms with Crippen LogP contribution in [0.1, 0.15) is 60.3 Å². The van der Waals surface area contributed by atoms with Gasteiger partial charge in [0.15, 0.2) is 0 Å². The first-order valence-electron chi connectivity index (χ1n) is 23.8. The van der Waals surface area contributed by atoms with Crippen LogP contribution in [0.2, 0.25) is 10.1 Å². The molecule has 7 nitrogen and oxygen atoms in total. The van der Waals surface area contributed by atoms with E-state index in [2.05, 4.69) is 143 Å². The first kappa shape index (κ1) is 49.8. The second kappa shape index (κ2) is 24.3. The second-order valence-corrected chi connectivity index (χ2v) is 23.1. The van der Waals surface area contributed by atoms with Crippen LogP contribution in [0.25, 0.3) is 0 Å². The lowest BCUT2D eigenvalue weighted by Gasteiger charge is -2.47. The highest BCUT2D eigenvalue weighted by Crippen LogP contribution is 2.44. The lowest BCUT2D eigenvalue weighted by molar-refractivity contribution is -0.275. The number of ether oxygens (including phenoxy) is 6. The third-order valence-corrected chi connectivity index (χ3v) is 17.9. The third-order valence-electron chi connectivity index (χ3n) is 12.6. The standard InChI is InChI=1S/C60H63ClO7Si/c1-5-36-63-54-38-53(61)49(43-67-69(60(2,3)4,50-32-20-10-21-33-50)51-34-22-11-23-35-51)37-52(54)56-58(65-41-47-28-16-8-17-29-47)59(66-42-48-30-18-9-19-31-48)57(64-40-46-26-14-7-15-27-46)55(68-56)44-62-39-45-24-12-6-13-25-45/h5-35,37-38,55-59H,1,36,39-44H2,2-4H3/t55-,56?,57-,58+,59+/m1/s1. The lowest BCUT2D eigenvalue weighted by atomic mass is 9.89. The third kappa shape index (κ3) is 12.6. The van der Waals surface area contributed by atoms with Crippen LogP contribution in [0.3, 0.4) is 0 Å². The molecule has 1 aliphatic rings. The maximum atomic E-state index is 7.51. The fourth-order valence-corrected chi connectivity index (χ4v) is 13.9. The molecule has 0 bridgehead atoms. The average Bonchev–Trinajstić information content (AvgIpc) is 3.38. The molecule has 1 saturated heterocycles. The van der Waals surface area contributed by atoms with Crippen LogP contribution in [0.5, 0.6) is 5.75 Å². The smallest absolute Gasteiger partial charge is 0.261 e. The zero-order valence-corrected chi connectivity index (χ0v) is 41.6. The van der Waals surface area contributed by atoms with Gasteiger partial charge in [-0.15, -0.1) is 0 Å². The van der Waals surface area contributed by atoms with Crippen LogP contribution in [0.15, 0.2) is 207 Å². The highest BCUT2D eigenvalue weighted by Gasteiger charge is 2.52. The van der Waals surface area contributed by atoms with Gasteiger partial charge in [-0.25, -0.2) is 0 Å². The molecule has 1 fully saturated rings. The maximum Gasteiger partial charge on any atom is 0.261 e. The van der Waals surface area contributed by atoms with Crippen molar-refractivity contribution < 1.29 is 32.8 Å². The Morgan fingerprint density at radius 1 is 0.551 bits per heavy atom. The average molecular weight is 960 g/mol. The minimum Gasteiger partial charge on any atom is -0.489 e. The molecule has 356 valence electrons. The normalized spacial score (nSPS) is 18.4. The lowest BCUT2D eigenvalue weighted by Crippen LogP contribution is -2.66. The summed E-state index contributed by atoms with van der Waals surface area (Å²) >= 11 is 7.35. The van der Waals surface area contributed by atoms with E-state index in [4.69, 9.17) is 44.4 Å². The molecule has 0 saturated carbocycles. The SMILES string of the molecule is C=CCOc1cc(Cl)c(CO[Si](c2ccccc2)(c2ccccc2)C(C)(C)C)cc1C1O[C@H](COCc2ccccc2)[C@@H](OCc2ccccc2)[C@H](OCc2ccccc2)[C@H]1OCc1ccccc1. The minimum atomic E-state index is -2.98. The van der Waals surface area contributed by atoms with Gasteiger partial charge in [-0.05, 0) is 55.4 Å². The van der Waals surface area contributed by atoms with Crippen LogP contribution in [0.4, 0.5) is 0 Å². The predicted molar refractivity (Wildman–Crippen MR) is 278 cm³/mol. The maximum absolute atomic E-state index is 7.51. The molecule has 8 rings (SSSR count). The van der Waals surface area contributed by atoms with Crippen molar-refractivity contribution in [3.8, 4) is 5.75 Å². The first-order valence-corrected chi connectivity index (χ1v) is 26.1. The van der Waals surface area contributed by atoms with E-state index in [9.17, 15) is 0 Å². The van der Waals surface area contributed by atoms with Crippen LogP contribution in [0, 0.1) is 0 Å². The van der Waals surface area contributed by atoms with Crippen molar-refractivity contribution in [3.05, 3.63) is 245 Å². The Morgan fingerprint density at radius 3 is 1.45 bits per heavy atom. The highest BCUT2D eigenvalue weighted by atomic mass is 35.5. The van der Waals surface area contributed by atoms with Crippen LogP contribution in [-0.4, -0.2) is 45.9 Å². The topological polar surface area (TPSA) is 64.6 Å². The summed E-state index contributed by atoms with van der Waals surface area (Å²) in [5.74, 6) is 0.543. The summed E-state index contributed by atoms with van der Waals surface area (Å²) in [5, 5.41) is 2.60. The van der Waals surface area contributed by atoms with Crippen molar-refractivity contribution in [2.24, 2.45) is 0 Å². The molecule has 1 heterocycles. The molecule has 0 amide bonds. The molecule has 0 aromatic heterocycles. The van der Waals surface area contributed by atoms with Crippen LogP contribution < -0.4 is 15.1 Å². The van der Waals surface area contributed by atoms with Crippen LogP contribution in [-0.2, 0) is 61.1 Å². The molecule has 1 unspecified atom stereocenters. The fourth-order valence-electron chi connectivity index (χ4n) is 9.21. The molecule has 7 aromatic carbocycles. The predicted octanol–water partition coefficient (Wildman–Crippen LogP) is 12.4. The summed E-state index contributed by atoms with van der Waals surface area (Å²) in [6.45, 7) is 12.8. The van der Waals surface area contributed by atoms with Crippen molar-refractivity contribution in [3.63, 3.8) is 0 Å². The van der Waals surface area contributed by atoms with E-state index in [1.54, 1.807) is 6.08 Å². The Balaban J connectivity index is 1.24. The molecular weight excluding hydrogens is 896 g/mol. The van der Waals surface area contributed by atoms with Gasteiger partial charge in [0.1, 0.15) is 42.9 Å². The van der Waals surface area contributed by atoms with Gasteiger partial charge < -0.3 is 32.8 Å². The van der Waals surface area contributed by atoms with Gasteiger partial charge in [-0.1, -0.05) is 227 Å². The van der Waals surface area contributed by atoms with Crippen molar-refractivity contribution >= 4 is 30.3 Å². The largest absolute Gasteiger partial charge is 0.489 e.